The first-order valence-corrected chi connectivity index (χ1v) is 8.49. The van der Waals surface area contributed by atoms with Crippen molar-refractivity contribution in [3.8, 4) is 0 Å². The number of hydrogen-bond acceptors (Lipinski definition) is 4. The fraction of sp³-hybridized carbons (Fsp3) is 0.421. The molecule has 0 saturated heterocycles. The Labute approximate surface area is 146 Å². The molecule has 1 unspecified atom stereocenters. The van der Waals surface area contributed by atoms with Gasteiger partial charge in [-0.25, -0.2) is 9.78 Å². The van der Waals surface area contributed by atoms with Crippen molar-refractivity contribution in [3.63, 3.8) is 0 Å². The van der Waals surface area contributed by atoms with Gasteiger partial charge in [0.15, 0.2) is 0 Å². The number of carbonyl (C=O) groups excluding carboxylic acids is 2. The fourth-order valence-corrected chi connectivity index (χ4v) is 4.07. The van der Waals surface area contributed by atoms with Crippen molar-refractivity contribution >= 4 is 11.9 Å². The van der Waals surface area contributed by atoms with Gasteiger partial charge < -0.3 is 14.2 Å². The van der Waals surface area contributed by atoms with Crippen molar-refractivity contribution < 1.29 is 14.3 Å². The summed E-state index contributed by atoms with van der Waals surface area (Å²) >= 11 is 0. The lowest BCUT2D eigenvalue weighted by atomic mass is 9.79. The zero-order chi connectivity index (χ0) is 17.8. The van der Waals surface area contributed by atoms with E-state index in [9.17, 15) is 9.59 Å². The Bertz CT molecular complexity index is 851. The molecule has 0 N–H and O–H groups in total. The Balaban J connectivity index is 1.93. The molecular weight excluding hydrogens is 318 g/mol. The number of esters is 1. The highest BCUT2D eigenvalue weighted by molar-refractivity contribution is 5.98. The van der Waals surface area contributed by atoms with E-state index in [4.69, 9.17) is 4.74 Å². The van der Waals surface area contributed by atoms with Gasteiger partial charge in [0, 0.05) is 11.6 Å². The molecule has 0 bridgehead atoms. The molecule has 6 heteroatoms. The number of rotatable bonds is 3. The molecule has 130 valence electrons. The van der Waals surface area contributed by atoms with Crippen LogP contribution in [0.5, 0.6) is 0 Å². The molecule has 1 saturated carbocycles. The quantitative estimate of drug-likeness (QED) is 0.807. The number of hydrogen-bond donors (Lipinski definition) is 0. The maximum Gasteiger partial charge on any atom is 0.356 e. The van der Waals surface area contributed by atoms with E-state index >= 15 is 0 Å². The van der Waals surface area contributed by atoms with E-state index in [1.54, 1.807) is 6.33 Å². The number of aromatic nitrogens is 2. The van der Waals surface area contributed by atoms with Crippen LogP contribution in [0.25, 0.3) is 0 Å². The molecular formula is C19H21N3O3. The number of carbonyl (C=O) groups is 2. The summed E-state index contributed by atoms with van der Waals surface area (Å²) in [7, 11) is 1.36. The van der Waals surface area contributed by atoms with Crippen molar-refractivity contribution in [2.75, 3.05) is 7.11 Å². The Hall–Kier alpha value is -2.63. The Morgan fingerprint density at radius 2 is 2.00 bits per heavy atom. The van der Waals surface area contributed by atoms with Gasteiger partial charge in [0.25, 0.3) is 5.91 Å². The third-order valence-electron chi connectivity index (χ3n) is 5.25. The highest BCUT2D eigenvalue weighted by atomic mass is 16.5. The second-order valence-electron chi connectivity index (χ2n) is 7.23. The van der Waals surface area contributed by atoms with Crippen LogP contribution in [0.15, 0.2) is 36.8 Å². The van der Waals surface area contributed by atoms with E-state index in [2.05, 4.69) is 18.8 Å². The van der Waals surface area contributed by atoms with Crippen molar-refractivity contribution in [2.24, 2.45) is 0 Å². The highest BCUT2D eigenvalue weighted by Gasteiger charge is 2.51. The minimum atomic E-state index is -0.490. The van der Waals surface area contributed by atoms with Crippen LogP contribution in [-0.2, 0) is 4.74 Å². The van der Waals surface area contributed by atoms with Gasteiger partial charge in [0.05, 0.1) is 31.2 Å². The first-order valence-electron chi connectivity index (χ1n) is 8.49. The number of fused-ring (bicyclic) bond motifs is 1. The predicted molar refractivity (Wildman–Crippen MR) is 91.4 cm³/mol. The molecule has 1 atom stereocenters. The second kappa shape index (κ2) is 5.44. The van der Waals surface area contributed by atoms with Gasteiger partial charge in [0.1, 0.15) is 5.69 Å². The maximum absolute atomic E-state index is 13.1. The second-order valence-corrected chi connectivity index (χ2v) is 7.23. The molecule has 1 fully saturated rings. The summed E-state index contributed by atoms with van der Waals surface area (Å²) in [6.45, 7) is 4.12. The van der Waals surface area contributed by atoms with E-state index in [-0.39, 0.29) is 18.0 Å². The lowest BCUT2D eigenvalue weighted by Crippen LogP contribution is -2.58. The molecule has 1 aliphatic carbocycles. The van der Waals surface area contributed by atoms with Gasteiger partial charge in [-0.1, -0.05) is 18.2 Å². The Morgan fingerprint density at radius 3 is 2.68 bits per heavy atom. The molecule has 1 amide bonds. The van der Waals surface area contributed by atoms with Gasteiger partial charge in [-0.3, -0.25) is 4.79 Å². The van der Waals surface area contributed by atoms with Crippen LogP contribution in [0.1, 0.15) is 59.1 Å². The summed E-state index contributed by atoms with van der Waals surface area (Å²) in [5.41, 5.74) is 1.51. The maximum atomic E-state index is 13.1. The van der Waals surface area contributed by atoms with Gasteiger partial charge in [-0.15, -0.1) is 0 Å². The summed E-state index contributed by atoms with van der Waals surface area (Å²) in [6, 6.07) is 7.69. The van der Waals surface area contributed by atoms with Gasteiger partial charge >= 0.3 is 5.97 Å². The number of nitrogens with zero attached hydrogens (tertiary/aromatic N) is 3. The van der Waals surface area contributed by atoms with E-state index in [1.807, 2.05) is 33.7 Å². The molecule has 4 rings (SSSR count). The molecule has 2 aliphatic rings. The number of methoxy groups -OCH3 is 1. The molecule has 2 heterocycles. The third kappa shape index (κ3) is 2.27. The van der Waals surface area contributed by atoms with Crippen molar-refractivity contribution in [1.82, 2.24) is 14.5 Å². The zero-order valence-corrected chi connectivity index (χ0v) is 14.6. The molecule has 25 heavy (non-hydrogen) atoms. The largest absolute Gasteiger partial charge is 0.464 e. The Kier molecular flexibility index (Phi) is 3.45. The molecule has 6 nitrogen and oxygen atoms in total. The molecule has 1 aromatic carbocycles. The molecule has 2 aromatic rings. The van der Waals surface area contributed by atoms with Gasteiger partial charge in [0.2, 0.25) is 0 Å². The van der Waals surface area contributed by atoms with Crippen LogP contribution in [-0.4, -0.2) is 45.0 Å². The SMILES string of the molecule is COC(=O)c1cncn1C1c2ccccc2C(=O)N(C2CC2)C1(C)C. The zero-order valence-electron chi connectivity index (χ0n) is 14.6. The average Bonchev–Trinajstić information content (AvgIpc) is 3.30. The van der Waals surface area contributed by atoms with Crippen molar-refractivity contribution in [2.45, 2.75) is 44.3 Å². The lowest BCUT2D eigenvalue weighted by molar-refractivity contribution is 0.0348. The minimum Gasteiger partial charge on any atom is -0.464 e. The Morgan fingerprint density at radius 1 is 1.28 bits per heavy atom. The molecule has 0 radical (unpaired) electrons. The van der Waals surface area contributed by atoms with Crippen LogP contribution in [0, 0.1) is 0 Å². The first-order chi connectivity index (χ1) is 12.0. The summed E-state index contributed by atoms with van der Waals surface area (Å²) in [5, 5.41) is 0. The van der Waals surface area contributed by atoms with E-state index in [0.29, 0.717) is 11.3 Å². The topological polar surface area (TPSA) is 64.4 Å². The van der Waals surface area contributed by atoms with Gasteiger partial charge in [-0.2, -0.15) is 0 Å². The third-order valence-corrected chi connectivity index (χ3v) is 5.25. The number of amides is 1. The summed E-state index contributed by atoms with van der Waals surface area (Å²) in [4.78, 5) is 31.5. The van der Waals surface area contributed by atoms with Crippen molar-refractivity contribution in [3.05, 3.63) is 53.6 Å². The van der Waals surface area contributed by atoms with E-state index < -0.39 is 11.5 Å². The van der Waals surface area contributed by atoms with E-state index in [0.717, 1.165) is 18.4 Å². The molecule has 1 aliphatic heterocycles. The molecule has 1 aromatic heterocycles. The number of ether oxygens (including phenoxy) is 1. The van der Waals surface area contributed by atoms with Crippen LogP contribution in [0.3, 0.4) is 0 Å². The van der Waals surface area contributed by atoms with Crippen LogP contribution in [0.2, 0.25) is 0 Å². The fourth-order valence-electron chi connectivity index (χ4n) is 4.07. The average molecular weight is 339 g/mol. The monoisotopic (exact) mass is 339 g/mol. The van der Waals surface area contributed by atoms with Crippen molar-refractivity contribution in [1.29, 1.82) is 0 Å². The minimum absolute atomic E-state index is 0.0686. The standard InChI is InChI=1S/C19H21N3O3/c1-19(2)16(21-11-20-10-15(21)18(24)25-3)13-6-4-5-7-14(13)17(23)22(19)12-8-9-12/h4-7,10-12,16H,8-9H2,1-3H3. The summed E-state index contributed by atoms with van der Waals surface area (Å²) < 4.78 is 6.75. The van der Waals surface area contributed by atoms with Crippen LogP contribution >= 0.6 is 0 Å². The number of benzene rings is 1. The number of imidazole rings is 1. The summed E-state index contributed by atoms with van der Waals surface area (Å²) in [5.74, 6) is -0.361. The highest BCUT2D eigenvalue weighted by Crippen LogP contribution is 2.46. The smallest absolute Gasteiger partial charge is 0.356 e. The van der Waals surface area contributed by atoms with Crippen LogP contribution in [0.4, 0.5) is 0 Å². The first kappa shape index (κ1) is 15.9. The normalized spacial score (nSPS) is 21.8. The van der Waals surface area contributed by atoms with Crippen LogP contribution < -0.4 is 0 Å². The lowest BCUT2D eigenvalue weighted by Gasteiger charge is -2.49. The van der Waals surface area contributed by atoms with E-state index in [1.165, 1.54) is 13.3 Å². The predicted octanol–water partition coefficient (Wildman–Crippen LogP) is 2.66. The molecule has 0 spiro atoms. The van der Waals surface area contributed by atoms with Gasteiger partial charge in [-0.05, 0) is 38.3 Å². The summed E-state index contributed by atoms with van der Waals surface area (Å²) in [6.07, 6.45) is 5.22.